The first-order valence-electron chi connectivity index (χ1n) is 18.5. The number of nitrogens with one attached hydrogen (secondary N) is 1. The van der Waals surface area contributed by atoms with E-state index in [1.165, 1.54) is 37.4 Å². The van der Waals surface area contributed by atoms with Crippen molar-refractivity contribution in [2.45, 2.75) is 30.4 Å². The molecule has 10 nitrogen and oxygen atoms in total. The molecule has 4 amide bonds. The lowest BCUT2D eigenvalue weighted by Gasteiger charge is -2.51. The highest BCUT2D eigenvalue weighted by Gasteiger charge is 2.70. The van der Waals surface area contributed by atoms with Crippen LogP contribution in [-0.4, -0.2) is 50.8 Å². The number of carbonyl (C=O) groups is 4. The van der Waals surface area contributed by atoms with E-state index in [0.29, 0.717) is 38.6 Å². The SMILES string of the molecule is CN(c1nc(C(F)(F)F)ccc1Cl)N1C(=O)C2CC=C3C(CC4C(=O)N(Nc5ccc(F)cc5)C(=O)C4(c4ccc(Cl)cc4)C3c3ccc(O)c4ccccc34)C2C1=O. The molecule has 2 aliphatic heterocycles. The highest BCUT2D eigenvalue weighted by atomic mass is 35.5. The Morgan fingerprint density at radius 1 is 0.847 bits per heavy atom. The van der Waals surface area contributed by atoms with E-state index in [0.717, 1.165) is 21.1 Å². The van der Waals surface area contributed by atoms with Gasteiger partial charge in [0.15, 0.2) is 5.82 Å². The molecular weight excluding hydrogens is 813 g/mol. The lowest BCUT2D eigenvalue weighted by atomic mass is 9.49. The second-order valence-corrected chi connectivity index (χ2v) is 15.9. The lowest BCUT2D eigenvalue weighted by molar-refractivity contribution is -0.142. The fraction of sp³-hybridized carbons (Fsp3) is 0.233. The number of halogens is 6. The zero-order chi connectivity index (χ0) is 41.7. The molecule has 3 fully saturated rings. The standard InChI is InChI=1S/C43H31Cl2F4N5O5/c1-52(37-32(45)17-19-34(50-37)43(47,48)49)54-38(56)29-15-14-28-30(35(29)40(54)58)20-31-39(57)53(51-24-12-10-23(46)11-13-24)41(59)42(31,21-6-8-22(44)9-7-21)36(28)27-16-18-33(55)26-5-3-2-4-25(26)27/h2-14,16-19,29-31,35-36,51,55H,15,20H2,1H3. The van der Waals surface area contributed by atoms with Crippen molar-refractivity contribution in [3.63, 3.8) is 0 Å². The van der Waals surface area contributed by atoms with Crippen molar-refractivity contribution in [2.24, 2.45) is 23.7 Å². The zero-order valence-electron chi connectivity index (χ0n) is 30.8. The van der Waals surface area contributed by atoms with Crippen molar-refractivity contribution in [2.75, 3.05) is 17.5 Å². The molecule has 0 bridgehead atoms. The predicted octanol–water partition coefficient (Wildman–Crippen LogP) is 8.44. The number of benzene rings is 4. The predicted molar refractivity (Wildman–Crippen MR) is 209 cm³/mol. The molecule has 1 saturated carbocycles. The number of allylic oxidation sites excluding steroid dienone is 2. The molecule has 0 spiro atoms. The number of phenolic OH excluding ortho intramolecular Hbond substituents is 1. The number of alkyl halides is 3. The first-order chi connectivity index (χ1) is 28.1. The summed E-state index contributed by atoms with van der Waals surface area (Å²) in [6.07, 6.45) is -3.09. The topological polar surface area (TPSA) is 123 Å². The fourth-order valence-electron chi connectivity index (χ4n) is 9.75. The Morgan fingerprint density at radius 2 is 1.54 bits per heavy atom. The molecule has 5 aromatic rings. The average molecular weight is 845 g/mol. The van der Waals surface area contributed by atoms with Gasteiger partial charge in [-0.15, -0.1) is 0 Å². The molecule has 300 valence electrons. The highest BCUT2D eigenvalue weighted by molar-refractivity contribution is 6.33. The van der Waals surface area contributed by atoms with Gasteiger partial charge in [0, 0.05) is 23.4 Å². The summed E-state index contributed by atoms with van der Waals surface area (Å²) in [5, 5.41) is 14.8. The quantitative estimate of drug-likeness (QED) is 0.0993. The van der Waals surface area contributed by atoms with Gasteiger partial charge in [0.1, 0.15) is 17.3 Å². The van der Waals surface area contributed by atoms with Crippen LogP contribution in [0.3, 0.4) is 0 Å². The second kappa shape index (κ2) is 13.8. The third-order valence-electron chi connectivity index (χ3n) is 12.2. The number of nitrogens with zero attached hydrogens (tertiary/aromatic N) is 4. The third kappa shape index (κ3) is 5.78. The third-order valence-corrected chi connectivity index (χ3v) is 12.8. The zero-order valence-corrected chi connectivity index (χ0v) is 32.3. The molecular formula is C43H31Cl2F4N5O5. The molecule has 3 heterocycles. The Bertz CT molecular complexity index is 2640. The van der Waals surface area contributed by atoms with Gasteiger partial charge in [-0.05, 0) is 89.9 Å². The van der Waals surface area contributed by atoms with E-state index in [4.69, 9.17) is 23.2 Å². The fourth-order valence-corrected chi connectivity index (χ4v) is 10.1. The van der Waals surface area contributed by atoms with Gasteiger partial charge in [0.25, 0.3) is 23.6 Å². The molecule has 6 atom stereocenters. The number of carbonyl (C=O) groups excluding carboxylic acids is 4. The highest BCUT2D eigenvalue weighted by Crippen LogP contribution is 2.65. The largest absolute Gasteiger partial charge is 0.507 e. The molecule has 0 radical (unpaired) electrons. The first-order valence-corrected chi connectivity index (χ1v) is 19.3. The van der Waals surface area contributed by atoms with E-state index in [1.807, 2.05) is 6.08 Å². The maximum atomic E-state index is 15.5. The molecule has 2 N–H and O–H groups in total. The van der Waals surface area contributed by atoms with Crippen LogP contribution in [0.4, 0.5) is 29.1 Å². The van der Waals surface area contributed by atoms with E-state index in [2.05, 4.69) is 10.4 Å². The van der Waals surface area contributed by atoms with Crippen molar-refractivity contribution in [1.29, 1.82) is 0 Å². The number of aromatic nitrogens is 1. The van der Waals surface area contributed by atoms with E-state index < -0.39 is 82.1 Å². The summed E-state index contributed by atoms with van der Waals surface area (Å²) in [4.78, 5) is 63.2. The second-order valence-electron chi connectivity index (χ2n) is 15.1. The van der Waals surface area contributed by atoms with Crippen LogP contribution in [0.5, 0.6) is 5.75 Å². The van der Waals surface area contributed by atoms with Crippen LogP contribution in [0.1, 0.15) is 35.6 Å². The van der Waals surface area contributed by atoms with Crippen molar-refractivity contribution < 1.29 is 41.8 Å². The summed E-state index contributed by atoms with van der Waals surface area (Å²) >= 11 is 12.7. The first kappa shape index (κ1) is 38.5. The van der Waals surface area contributed by atoms with Gasteiger partial charge in [0.2, 0.25) is 0 Å². The van der Waals surface area contributed by atoms with E-state index in [9.17, 15) is 37.1 Å². The minimum Gasteiger partial charge on any atom is -0.507 e. The molecule has 4 aliphatic rings. The molecule has 9 rings (SSSR count). The van der Waals surface area contributed by atoms with Crippen LogP contribution in [0.2, 0.25) is 10.0 Å². The van der Waals surface area contributed by atoms with Gasteiger partial charge in [-0.2, -0.15) is 23.2 Å². The number of aromatic hydroxyl groups is 1. The van der Waals surface area contributed by atoms with Crippen LogP contribution >= 0.6 is 23.2 Å². The summed E-state index contributed by atoms with van der Waals surface area (Å²) < 4.78 is 55.2. The van der Waals surface area contributed by atoms with E-state index in [1.54, 1.807) is 54.6 Å². The summed E-state index contributed by atoms with van der Waals surface area (Å²) in [5.41, 5.74) is 1.78. The summed E-state index contributed by atoms with van der Waals surface area (Å²) in [7, 11) is 1.23. The van der Waals surface area contributed by atoms with Crippen LogP contribution in [0.25, 0.3) is 10.8 Å². The Balaban J connectivity index is 1.23. The number of rotatable bonds is 6. The average Bonchev–Trinajstić information content (AvgIpc) is 3.59. The monoisotopic (exact) mass is 843 g/mol. The number of phenols is 1. The number of anilines is 2. The summed E-state index contributed by atoms with van der Waals surface area (Å²) in [6.45, 7) is 0. The maximum absolute atomic E-state index is 15.5. The van der Waals surface area contributed by atoms with Gasteiger partial charge in [-0.25, -0.2) is 9.37 Å². The molecule has 4 aromatic carbocycles. The Labute approximate surface area is 343 Å². The lowest BCUT2D eigenvalue weighted by Crippen LogP contribution is -2.53. The minimum atomic E-state index is -4.84. The Morgan fingerprint density at radius 3 is 2.24 bits per heavy atom. The van der Waals surface area contributed by atoms with Gasteiger partial charge in [0.05, 0.1) is 33.9 Å². The van der Waals surface area contributed by atoms with Gasteiger partial charge in [-0.3, -0.25) is 29.6 Å². The number of amides is 4. The van der Waals surface area contributed by atoms with Crippen LogP contribution in [-0.2, 0) is 30.8 Å². The molecule has 2 saturated heterocycles. The number of hydrogen-bond acceptors (Lipinski definition) is 8. The van der Waals surface area contributed by atoms with Crippen molar-refractivity contribution in [1.82, 2.24) is 15.0 Å². The normalized spacial score (nSPS) is 25.2. The summed E-state index contributed by atoms with van der Waals surface area (Å²) in [6, 6.07) is 23.6. The van der Waals surface area contributed by atoms with Crippen molar-refractivity contribution >= 4 is 69.1 Å². The van der Waals surface area contributed by atoms with E-state index in [-0.39, 0.29) is 29.3 Å². The van der Waals surface area contributed by atoms with Gasteiger partial charge < -0.3 is 5.11 Å². The van der Waals surface area contributed by atoms with Gasteiger partial charge >= 0.3 is 6.18 Å². The summed E-state index contributed by atoms with van der Waals surface area (Å²) in [5.74, 6) is -8.81. The Hall–Kier alpha value is -5.99. The van der Waals surface area contributed by atoms with Crippen molar-refractivity contribution in [3.8, 4) is 5.75 Å². The number of imide groups is 2. The van der Waals surface area contributed by atoms with Crippen LogP contribution in [0.15, 0.2) is 109 Å². The molecule has 1 aromatic heterocycles. The molecule has 59 heavy (non-hydrogen) atoms. The number of fused-ring (bicyclic) bond motifs is 5. The number of hydrazine groups is 2. The molecule has 2 aliphatic carbocycles. The maximum Gasteiger partial charge on any atom is 0.433 e. The Kier molecular flexibility index (Phi) is 9.01. The minimum absolute atomic E-state index is 0.0166. The number of hydrogen-bond donors (Lipinski definition) is 2. The molecule has 16 heteroatoms. The molecule has 6 unspecified atom stereocenters. The van der Waals surface area contributed by atoms with Crippen molar-refractivity contribution in [3.05, 3.63) is 141 Å². The van der Waals surface area contributed by atoms with E-state index >= 15 is 4.79 Å². The van der Waals surface area contributed by atoms with Gasteiger partial charge in [-0.1, -0.05) is 77.3 Å². The smallest absolute Gasteiger partial charge is 0.433 e. The number of pyridine rings is 1. The van der Waals surface area contributed by atoms with Crippen LogP contribution in [0, 0.1) is 29.5 Å². The van der Waals surface area contributed by atoms with Crippen LogP contribution < -0.4 is 10.4 Å².